The molecule has 3 rings (SSSR count). The van der Waals surface area contributed by atoms with Crippen LogP contribution in [-0.2, 0) is 21.1 Å². The SMILES string of the molecule is O=CCN1C(C(=O)Nc2ccc(F)c(Cl)c2)=CC(c2cccs2)=N[S+]1[O-]. The van der Waals surface area contributed by atoms with E-state index in [0.717, 1.165) is 15.2 Å². The third-order valence-corrected chi connectivity index (χ3v) is 5.59. The minimum atomic E-state index is -1.93. The Balaban J connectivity index is 1.91. The number of benzene rings is 1. The number of nitrogens with zero attached hydrogens (tertiary/aromatic N) is 2. The molecule has 26 heavy (non-hydrogen) atoms. The molecule has 1 atom stereocenters. The number of carbonyl (C=O) groups excluding carboxylic acids is 2. The molecule has 0 spiro atoms. The Morgan fingerprint density at radius 2 is 2.27 bits per heavy atom. The Morgan fingerprint density at radius 1 is 1.46 bits per heavy atom. The summed E-state index contributed by atoms with van der Waals surface area (Å²) in [5, 5.41) is 4.23. The minimum Gasteiger partial charge on any atom is -0.566 e. The average molecular weight is 412 g/mol. The standard InChI is InChI=1S/C16H11ClFN3O3S2/c17-11-8-10(3-4-12(11)18)19-16(23)14-9-13(15-2-1-7-25-15)20-26(24)21(14)5-6-22/h1-4,6-9H,5H2,(H,19,23). The Kier molecular flexibility index (Phi) is 5.72. The Labute approximate surface area is 160 Å². The van der Waals surface area contributed by atoms with Crippen LogP contribution in [0.1, 0.15) is 4.88 Å². The van der Waals surface area contributed by atoms with Gasteiger partial charge in [-0.2, -0.15) is 4.31 Å². The van der Waals surface area contributed by atoms with Crippen molar-refractivity contribution in [3.63, 3.8) is 0 Å². The van der Waals surface area contributed by atoms with Gasteiger partial charge in [-0.25, -0.2) is 4.39 Å². The molecule has 1 aliphatic heterocycles. The molecule has 1 amide bonds. The molecule has 0 aliphatic carbocycles. The maximum Gasteiger partial charge on any atom is 0.276 e. The van der Waals surface area contributed by atoms with Gasteiger partial charge in [0.1, 0.15) is 24.4 Å². The zero-order chi connectivity index (χ0) is 18.7. The number of aldehydes is 1. The predicted molar refractivity (Wildman–Crippen MR) is 99.9 cm³/mol. The van der Waals surface area contributed by atoms with Crippen LogP contribution in [0.5, 0.6) is 0 Å². The van der Waals surface area contributed by atoms with E-state index in [1.165, 1.54) is 29.5 Å². The number of anilines is 1. The third-order valence-electron chi connectivity index (χ3n) is 3.33. The highest BCUT2D eigenvalue weighted by molar-refractivity contribution is 7.88. The lowest BCUT2D eigenvalue weighted by atomic mass is 10.2. The number of thiophene rings is 1. The number of halogens is 2. The molecule has 0 radical (unpaired) electrons. The minimum absolute atomic E-state index is 0.00859. The van der Waals surface area contributed by atoms with Crippen molar-refractivity contribution in [3.05, 3.63) is 63.2 Å². The highest BCUT2D eigenvalue weighted by Crippen LogP contribution is 2.25. The second-order valence-corrected chi connectivity index (χ2v) is 7.46. The molecule has 1 aromatic heterocycles. The monoisotopic (exact) mass is 411 g/mol. The van der Waals surface area contributed by atoms with Crippen molar-refractivity contribution in [2.75, 3.05) is 11.9 Å². The molecule has 1 aliphatic rings. The Hall–Kier alpha value is -2.20. The number of allylic oxidation sites excluding steroid dienone is 1. The first-order valence-electron chi connectivity index (χ1n) is 7.23. The summed E-state index contributed by atoms with van der Waals surface area (Å²) in [5.41, 5.74) is 0.649. The number of carbonyl (C=O) groups is 2. The smallest absolute Gasteiger partial charge is 0.276 e. The summed E-state index contributed by atoms with van der Waals surface area (Å²) in [6.07, 6.45) is 1.98. The quantitative estimate of drug-likeness (QED) is 0.605. The predicted octanol–water partition coefficient (Wildman–Crippen LogP) is 2.95. The molecule has 6 nitrogen and oxygen atoms in total. The van der Waals surface area contributed by atoms with Gasteiger partial charge in [-0.05, 0) is 34.0 Å². The molecule has 0 fully saturated rings. The van der Waals surface area contributed by atoms with E-state index in [1.807, 2.05) is 5.38 Å². The van der Waals surface area contributed by atoms with Crippen molar-refractivity contribution in [2.45, 2.75) is 0 Å². The number of hydrogen-bond acceptors (Lipinski definition) is 6. The fourth-order valence-corrected chi connectivity index (χ4v) is 4.00. The van der Waals surface area contributed by atoms with E-state index in [-0.39, 0.29) is 23.0 Å². The van der Waals surface area contributed by atoms with Crippen molar-refractivity contribution in [1.82, 2.24) is 4.31 Å². The highest BCUT2D eigenvalue weighted by Gasteiger charge is 2.33. The number of hydrogen-bond donors (Lipinski definition) is 1. The topological polar surface area (TPSA) is 84.8 Å². The molecule has 10 heteroatoms. The van der Waals surface area contributed by atoms with Gasteiger partial charge in [0.15, 0.2) is 5.70 Å². The van der Waals surface area contributed by atoms with E-state index >= 15 is 0 Å². The van der Waals surface area contributed by atoms with Crippen LogP contribution in [0.15, 0.2) is 51.9 Å². The Bertz CT molecular complexity index is 902. The molecule has 0 bridgehead atoms. The Morgan fingerprint density at radius 3 is 2.92 bits per heavy atom. The summed E-state index contributed by atoms with van der Waals surface area (Å²) in [4.78, 5) is 24.3. The zero-order valence-electron chi connectivity index (χ0n) is 13.0. The molecule has 1 unspecified atom stereocenters. The van der Waals surface area contributed by atoms with Crippen molar-refractivity contribution in [1.29, 1.82) is 0 Å². The van der Waals surface area contributed by atoms with Crippen molar-refractivity contribution >= 4 is 58.1 Å². The zero-order valence-corrected chi connectivity index (χ0v) is 15.4. The largest absolute Gasteiger partial charge is 0.566 e. The van der Waals surface area contributed by atoms with Crippen LogP contribution in [0.25, 0.3) is 0 Å². The molecular weight excluding hydrogens is 401 g/mol. The molecule has 0 saturated carbocycles. The maximum absolute atomic E-state index is 13.3. The van der Waals surface area contributed by atoms with E-state index in [1.54, 1.807) is 12.1 Å². The van der Waals surface area contributed by atoms with Crippen LogP contribution in [0.3, 0.4) is 0 Å². The molecule has 1 aromatic carbocycles. The van der Waals surface area contributed by atoms with E-state index in [2.05, 4.69) is 9.71 Å². The maximum atomic E-state index is 13.3. The number of amides is 1. The summed E-state index contributed by atoms with van der Waals surface area (Å²) in [5.74, 6) is -1.23. The second kappa shape index (κ2) is 8.00. The fraction of sp³-hybridized carbons (Fsp3) is 0.0625. The van der Waals surface area contributed by atoms with Crippen LogP contribution in [-0.4, -0.2) is 33.3 Å². The summed E-state index contributed by atoms with van der Waals surface area (Å²) in [6, 6.07) is 7.30. The first kappa shape index (κ1) is 18.6. The first-order valence-corrected chi connectivity index (χ1v) is 9.55. The van der Waals surface area contributed by atoms with Gasteiger partial charge in [0, 0.05) is 11.8 Å². The van der Waals surface area contributed by atoms with E-state index in [9.17, 15) is 18.5 Å². The van der Waals surface area contributed by atoms with E-state index < -0.39 is 23.3 Å². The molecule has 1 N–H and O–H groups in total. The normalized spacial score (nSPS) is 16.7. The lowest BCUT2D eigenvalue weighted by molar-refractivity contribution is -0.114. The number of nitrogens with one attached hydrogen (secondary N) is 1. The van der Waals surface area contributed by atoms with Gasteiger partial charge in [-0.3, -0.25) is 4.79 Å². The van der Waals surface area contributed by atoms with E-state index in [4.69, 9.17) is 11.6 Å². The average Bonchev–Trinajstić information content (AvgIpc) is 3.14. The molecule has 2 heterocycles. The van der Waals surface area contributed by atoms with Crippen molar-refractivity contribution in [3.8, 4) is 0 Å². The first-order chi connectivity index (χ1) is 12.5. The molecule has 2 aromatic rings. The lowest BCUT2D eigenvalue weighted by Gasteiger charge is -2.25. The fourth-order valence-electron chi connectivity index (χ4n) is 2.16. The van der Waals surface area contributed by atoms with Crippen molar-refractivity contribution in [2.24, 2.45) is 4.40 Å². The highest BCUT2D eigenvalue weighted by atomic mass is 35.5. The van der Waals surface area contributed by atoms with Gasteiger partial charge >= 0.3 is 0 Å². The summed E-state index contributed by atoms with van der Waals surface area (Å²) >= 11 is 5.16. The number of rotatable bonds is 5. The van der Waals surface area contributed by atoms with Crippen LogP contribution < -0.4 is 5.32 Å². The summed E-state index contributed by atoms with van der Waals surface area (Å²) in [7, 11) is 0. The van der Waals surface area contributed by atoms with Crippen LogP contribution in [0, 0.1) is 5.82 Å². The van der Waals surface area contributed by atoms with Gasteiger partial charge < -0.3 is 14.7 Å². The van der Waals surface area contributed by atoms with Crippen LogP contribution >= 0.6 is 22.9 Å². The van der Waals surface area contributed by atoms with Gasteiger partial charge in [0.05, 0.1) is 9.90 Å². The van der Waals surface area contributed by atoms with Gasteiger partial charge in [-0.1, -0.05) is 17.7 Å². The summed E-state index contributed by atoms with van der Waals surface area (Å²) < 4.78 is 30.7. The van der Waals surface area contributed by atoms with Crippen LogP contribution in [0.2, 0.25) is 5.02 Å². The van der Waals surface area contributed by atoms with Gasteiger partial charge in [-0.15, -0.1) is 11.3 Å². The van der Waals surface area contributed by atoms with Gasteiger partial charge in [0.2, 0.25) is 11.5 Å². The van der Waals surface area contributed by atoms with E-state index in [0.29, 0.717) is 12.0 Å². The van der Waals surface area contributed by atoms with Gasteiger partial charge in [0.25, 0.3) is 5.91 Å². The molecule has 0 saturated heterocycles. The molecule has 134 valence electrons. The second-order valence-electron chi connectivity index (χ2n) is 5.02. The third kappa shape index (κ3) is 3.96. The molecular formula is C16H11ClFN3O3S2. The lowest BCUT2D eigenvalue weighted by Crippen LogP contribution is -2.39. The van der Waals surface area contributed by atoms with Crippen LogP contribution in [0.4, 0.5) is 10.1 Å². The summed E-state index contributed by atoms with van der Waals surface area (Å²) in [6.45, 7) is -0.267. The van der Waals surface area contributed by atoms with Crippen molar-refractivity contribution < 1.29 is 18.5 Å².